The number of carbonyl (C=O) groups is 1. The summed E-state index contributed by atoms with van der Waals surface area (Å²) in [4.78, 5) is 11.7. The van der Waals surface area contributed by atoms with E-state index in [9.17, 15) is 14.3 Å². The van der Waals surface area contributed by atoms with Crippen LogP contribution in [-0.2, 0) is 12.0 Å². The number of carbonyl (C=O) groups excluding carboxylic acids is 1. The van der Waals surface area contributed by atoms with E-state index in [1.807, 2.05) is 0 Å². The Hall–Kier alpha value is -2.34. The van der Waals surface area contributed by atoms with Gasteiger partial charge in [0.1, 0.15) is 17.2 Å². The number of benzene rings is 1. The predicted octanol–water partition coefficient (Wildman–Crippen LogP) is 2.17. The number of halogens is 1. The number of hydrogen-bond donors (Lipinski definition) is 3. The van der Waals surface area contributed by atoms with Gasteiger partial charge in [-0.1, -0.05) is 12.1 Å². The molecule has 0 aliphatic rings. The molecule has 1 atom stereocenters. The average molecular weight is 306 g/mol. The van der Waals surface area contributed by atoms with Gasteiger partial charge in [0.25, 0.3) is 0 Å². The van der Waals surface area contributed by atoms with Gasteiger partial charge in [-0.05, 0) is 43.2 Å². The molecule has 5 nitrogen and oxygen atoms in total. The summed E-state index contributed by atoms with van der Waals surface area (Å²) in [5.41, 5.74) is -0.466. The van der Waals surface area contributed by atoms with Crippen molar-refractivity contribution in [3.8, 4) is 0 Å². The van der Waals surface area contributed by atoms with Crippen LogP contribution in [0.15, 0.2) is 47.1 Å². The van der Waals surface area contributed by atoms with Crippen molar-refractivity contribution in [1.82, 2.24) is 10.6 Å². The summed E-state index contributed by atoms with van der Waals surface area (Å²) >= 11 is 0. The van der Waals surface area contributed by atoms with Gasteiger partial charge in [-0.15, -0.1) is 0 Å². The molecule has 1 heterocycles. The van der Waals surface area contributed by atoms with E-state index in [2.05, 4.69) is 10.6 Å². The van der Waals surface area contributed by atoms with Gasteiger partial charge in [0.15, 0.2) is 0 Å². The van der Waals surface area contributed by atoms with E-state index in [1.165, 1.54) is 18.4 Å². The normalized spacial score (nSPS) is 13.4. The molecule has 0 radical (unpaired) electrons. The van der Waals surface area contributed by atoms with Crippen molar-refractivity contribution in [3.63, 3.8) is 0 Å². The molecule has 1 aromatic carbocycles. The molecule has 0 saturated carbocycles. The summed E-state index contributed by atoms with van der Waals surface area (Å²) < 4.78 is 18.1. The van der Waals surface area contributed by atoms with Crippen molar-refractivity contribution in [2.45, 2.75) is 18.9 Å². The molecule has 0 saturated heterocycles. The number of aliphatic hydroxyl groups is 1. The van der Waals surface area contributed by atoms with Crippen molar-refractivity contribution in [2.24, 2.45) is 0 Å². The maximum atomic E-state index is 13.0. The van der Waals surface area contributed by atoms with E-state index in [0.29, 0.717) is 18.7 Å². The Bertz CT molecular complexity index is 612. The Balaban J connectivity index is 1.72. The maximum Gasteiger partial charge on any atom is 0.314 e. The van der Waals surface area contributed by atoms with Gasteiger partial charge < -0.3 is 20.2 Å². The lowest BCUT2D eigenvalue weighted by atomic mass is 10.0. The van der Waals surface area contributed by atoms with Crippen molar-refractivity contribution >= 4 is 6.03 Å². The quantitative estimate of drug-likeness (QED) is 0.765. The summed E-state index contributed by atoms with van der Waals surface area (Å²) in [6.07, 6.45) is 1.99. The number of amides is 2. The predicted molar refractivity (Wildman–Crippen MR) is 79.8 cm³/mol. The summed E-state index contributed by atoms with van der Waals surface area (Å²) in [7, 11) is 0. The van der Waals surface area contributed by atoms with Gasteiger partial charge in [-0.3, -0.25) is 0 Å². The highest BCUT2D eigenvalue weighted by atomic mass is 19.1. The third-order valence-electron chi connectivity index (χ3n) is 3.23. The van der Waals surface area contributed by atoms with Crippen molar-refractivity contribution in [1.29, 1.82) is 0 Å². The topological polar surface area (TPSA) is 74.5 Å². The molecule has 0 bridgehead atoms. The SMILES string of the molecule is CC(O)(CNC(=O)NCCc1cccc(F)c1)c1ccco1. The lowest BCUT2D eigenvalue weighted by molar-refractivity contribution is 0.0367. The molecular formula is C16H19FN2O3. The van der Waals surface area contributed by atoms with Crippen molar-refractivity contribution < 1.29 is 18.7 Å². The molecule has 0 aliphatic heterocycles. The van der Waals surface area contributed by atoms with Crippen LogP contribution in [0.5, 0.6) is 0 Å². The van der Waals surface area contributed by atoms with Crippen molar-refractivity contribution in [3.05, 3.63) is 59.8 Å². The molecular weight excluding hydrogens is 287 g/mol. The number of urea groups is 1. The van der Waals surface area contributed by atoms with Crippen molar-refractivity contribution in [2.75, 3.05) is 13.1 Å². The first-order valence-corrected chi connectivity index (χ1v) is 7.00. The third kappa shape index (κ3) is 4.60. The molecule has 1 aromatic heterocycles. The van der Waals surface area contributed by atoms with Crippen LogP contribution in [0.2, 0.25) is 0 Å². The number of nitrogens with one attached hydrogen (secondary N) is 2. The fourth-order valence-corrected chi connectivity index (χ4v) is 2.00. The number of furan rings is 1. The summed E-state index contributed by atoms with van der Waals surface area (Å²) in [5, 5.41) is 15.4. The van der Waals surface area contributed by atoms with Gasteiger partial charge in [0.2, 0.25) is 0 Å². The number of rotatable bonds is 6. The van der Waals surface area contributed by atoms with Gasteiger partial charge in [0.05, 0.1) is 12.8 Å². The third-order valence-corrected chi connectivity index (χ3v) is 3.23. The molecule has 0 fully saturated rings. The molecule has 2 aromatic rings. The molecule has 6 heteroatoms. The first-order valence-electron chi connectivity index (χ1n) is 7.00. The standard InChI is InChI=1S/C16H19FN2O3/c1-16(21,14-6-3-9-22-14)11-19-15(20)18-8-7-12-4-2-5-13(17)10-12/h2-6,9-10,21H,7-8,11H2,1H3,(H2,18,19,20). The fraction of sp³-hybridized carbons (Fsp3) is 0.312. The zero-order valence-corrected chi connectivity index (χ0v) is 12.3. The fourth-order valence-electron chi connectivity index (χ4n) is 2.00. The first-order chi connectivity index (χ1) is 10.5. The zero-order chi connectivity index (χ0) is 16.0. The smallest absolute Gasteiger partial charge is 0.314 e. The Morgan fingerprint density at radius 3 is 2.82 bits per heavy atom. The monoisotopic (exact) mass is 306 g/mol. The van der Waals surface area contributed by atoms with Crippen LogP contribution < -0.4 is 10.6 Å². The van der Waals surface area contributed by atoms with Crippen LogP contribution in [0.1, 0.15) is 18.2 Å². The Morgan fingerprint density at radius 1 is 1.32 bits per heavy atom. The minimum absolute atomic E-state index is 0.0202. The second kappa shape index (κ2) is 7.09. The minimum Gasteiger partial charge on any atom is -0.466 e. The second-order valence-electron chi connectivity index (χ2n) is 5.24. The molecule has 118 valence electrons. The summed E-state index contributed by atoms with van der Waals surface area (Å²) in [6, 6.07) is 9.15. The highest BCUT2D eigenvalue weighted by Gasteiger charge is 2.26. The van der Waals surface area contributed by atoms with E-state index in [0.717, 1.165) is 5.56 Å². The van der Waals surface area contributed by atoms with Crippen LogP contribution >= 0.6 is 0 Å². The molecule has 0 aliphatic carbocycles. The van der Waals surface area contributed by atoms with E-state index in [4.69, 9.17) is 4.42 Å². The van der Waals surface area contributed by atoms with E-state index in [1.54, 1.807) is 31.2 Å². The van der Waals surface area contributed by atoms with E-state index < -0.39 is 11.6 Å². The van der Waals surface area contributed by atoms with E-state index >= 15 is 0 Å². The van der Waals surface area contributed by atoms with Gasteiger partial charge >= 0.3 is 6.03 Å². The molecule has 1 unspecified atom stereocenters. The lowest BCUT2D eigenvalue weighted by Gasteiger charge is -2.21. The molecule has 2 amide bonds. The summed E-state index contributed by atoms with van der Waals surface area (Å²) in [5.74, 6) is 0.0870. The molecule has 22 heavy (non-hydrogen) atoms. The maximum absolute atomic E-state index is 13.0. The Morgan fingerprint density at radius 2 is 2.14 bits per heavy atom. The summed E-state index contributed by atoms with van der Waals surface area (Å²) in [6.45, 7) is 1.95. The van der Waals surface area contributed by atoms with Crippen LogP contribution in [0.4, 0.5) is 9.18 Å². The largest absolute Gasteiger partial charge is 0.466 e. The van der Waals surface area contributed by atoms with Crippen LogP contribution in [0, 0.1) is 5.82 Å². The van der Waals surface area contributed by atoms with Crippen LogP contribution in [0.25, 0.3) is 0 Å². The minimum atomic E-state index is -1.27. The van der Waals surface area contributed by atoms with Gasteiger partial charge in [-0.2, -0.15) is 0 Å². The Kier molecular flexibility index (Phi) is 5.16. The van der Waals surface area contributed by atoms with Gasteiger partial charge in [-0.25, -0.2) is 9.18 Å². The average Bonchev–Trinajstić information content (AvgIpc) is 3.00. The molecule has 3 N–H and O–H groups in total. The van der Waals surface area contributed by atoms with E-state index in [-0.39, 0.29) is 12.4 Å². The lowest BCUT2D eigenvalue weighted by Crippen LogP contribution is -2.43. The molecule has 0 spiro atoms. The number of hydrogen-bond acceptors (Lipinski definition) is 3. The highest BCUT2D eigenvalue weighted by molar-refractivity contribution is 5.73. The van der Waals surface area contributed by atoms with Crippen LogP contribution in [-0.4, -0.2) is 24.2 Å². The zero-order valence-electron chi connectivity index (χ0n) is 12.3. The highest BCUT2D eigenvalue weighted by Crippen LogP contribution is 2.19. The second-order valence-corrected chi connectivity index (χ2v) is 5.24. The molecule has 2 rings (SSSR count). The first kappa shape index (κ1) is 16.0. The van der Waals surface area contributed by atoms with Gasteiger partial charge in [0, 0.05) is 6.54 Å². The van der Waals surface area contributed by atoms with Crippen LogP contribution in [0.3, 0.4) is 0 Å². The Labute approximate surface area is 128 Å².